The molecule has 1 aromatic carbocycles. The normalized spacial score (nSPS) is 22.3. The molecule has 0 amide bonds. The number of nitrogens with one attached hydrogen (secondary N) is 1. The molecule has 0 spiro atoms. The summed E-state index contributed by atoms with van der Waals surface area (Å²) in [4.78, 5) is 14.1. The Kier molecular flexibility index (Phi) is 5.17. The molecular formula is C20H27N3O. The molecule has 2 aliphatic heterocycles. The molecule has 2 saturated heterocycles. The zero-order valence-corrected chi connectivity index (χ0v) is 14.8. The third-order valence-electron chi connectivity index (χ3n) is 4.93. The molecular weight excluding hydrogens is 298 g/mol. The molecule has 2 atom stereocenters. The van der Waals surface area contributed by atoms with Gasteiger partial charge in [0.25, 0.3) is 0 Å². The Balaban J connectivity index is 0.000000815. The highest BCUT2D eigenvalue weighted by Crippen LogP contribution is 2.26. The summed E-state index contributed by atoms with van der Waals surface area (Å²) >= 11 is 0. The summed E-state index contributed by atoms with van der Waals surface area (Å²) in [5.41, 5.74) is 3.63. The van der Waals surface area contributed by atoms with E-state index in [2.05, 4.69) is 34.5 Å². The fraction of sp³-hybridized carbons (Fsp3) is 0.450. The first kappa shape index (κ1) is 16.9. The number of fused-ring (bicyclic) bond motifs is 2. The van der Waals surface area contributed by atoms with Gasteiger partial charge in [-0.1, -0.05) is 38.1 Å². The van der Waals surface area contributed by atoms with Crippen molar-refractivity contribution in [1.29, 1.82) is 0 Å². The summed E-state index contributed by atoms with van der Waals surface area (Å²) in [5, 5.41) is 3.54. The Labute approximate surface area is 144 Å². The molecule has 24 heavy (non-hydrogen) atoms. The number of likely N-dealkylation sites (tertiary alicyclic amines) is 1. The standard InChI is InChI=1S/C18H21N3O.C2H6/c1-20-11-15(6-7-18(20)22)14-4-2-13(3-5-14)10-21-12-16-8-17(21)9-19-16;1-2/h2-7,11,16-17,19H,8-10,12H2,1H3;1-2H3. The number of nitrogens with zero attached hydrogens (tertiary/aromatic N) is 2. The summed E-state index contributed by atoms with van der Waals surface area (Å²) in [7, 11) is 1.79. The largest absolute Gasteiger partial charge is 0.318 e. The van der Waals surface area contributed by atoms with E-state index < -0.39 is 0 Å². The molecule has 3 heterocycles. The summed E-state index contributed by atoms with van der Waals surface area (Å²) in [6.07, 6.45) is 3.19. The van der Waals surface area contributed by atoms with Crippen molar-refractivity contribution in [3.8, 4) is 11.1 Å². The monoisotopic (exact) mass is 325 g/mol. The van der Waals surface area contributed by atoms with Gasteiger partial charge >= 0.3 is 0 Å². The maximum absolute atomic E-state index is 11.5. The van der Waals surface area contributed by atoms with Crippen molar-refractivity contribution < 1.29 is 0 Å². The SMILES string of the molecule is CC.Cn1cc(-c2ccc(CN3CC4CC3CN4)cc2)ccc1=O. The van der Waals surface area contributed by atoms with Crippen LogP contribution in [0.3, 0.4) is 0 Å². The lowest BCUT2D eigenvalue weighted by molar-refractivity contribution is 0.218. The van der Waals surface area contributed by atoms with Crippen LogP contribution in [-0.2, 0) is 13.6 Å². The smallest absolute Gasteiger partial charge is 0.250 e. The zero-order valence-electron chi connectivity index (χ0n) is 14.8. The highest BCUT2D eigenvalue weighted by Gasteiger charge is 2.37. The highest BCUT2D eigenvalue weighted by molar-refractivity contribution is 5.62. The quantitative estimate of drug-likeness (QED) is 0.942. The first-order valence-electron chi connectivity index (χ1n) is 8.92. The molecule has 2 aromatic rings. The van der Waals surface area contributed by atoms with E-state index in [1.165, 1.54) is 18.5 Å². The minimum absolute atomic E-state index is 0.0260. The average Bonchev–Trinajstić information content (AvgIpc) is 3.23. The lowest BCUT2D eigenvalue weighted by Gasteiger charge is -2.27. The van der Waals surface area contributed by atoms with E-state index in [0.29, 0.717) is 12.1 Å². The molecule has 4 heteroatoms. The molecule has 2 bridgehead atoms. The van der Waals surface area contributed by atoms with Crippen LogP contribution in [0.2, 0.25) is 0 Å². The van der Waals surface area contributed by atoms with Crippen LogP contribution < -0.4 is 10.9 Å². The van der Waals surface area contributed by atoms with Crippen LogP contribution >= 0.6 is 0 Å². The van der Waals surface area contributed by atoms with Crippen molar-refractivity contribution >= 4 is 0 Å². The molecule has 2 fully saturated rings. The van der Waals surface area contributed by atoms with Crippen molar-refractivity contribution in [2.75, 3.05) is 13.1 Å². The summed E-state index contributed by atoms with van der Waals surface area (Å²) < 4.78 is 1.62. The van der Waals surface area contributed by atoms with Crippen LogP contribution in [0.4, 0.5) is 0 Å². The third-order valence-corrected chi connectivity index (χ3v) is 4.93. The van der Waals surface area contributed by atoms with Crippen LogP contribution in [0.15, 0.2) is 47.4 Å². The van der Waals surface area contributed by atoms with Crippen LogP contribution in [0.1, 0.15) is 25.8 Å². The molecule has 2 unspecified atom stereocenters. The van der Waals surface area contributed by atoms with Crippen molar-refractivity contribution in [2.45, 2.75) is 38.9 Å². The topological polar surface area (TPSA) is 37.3 Å². The van der Waals surface area contributed by atoms with E-state index in [1.54, 1.807) is 17.7 Å². The van der Waals surface area contributed by atoms with Gasteiger partial charge in [-0.3, -0.25) is 9.69 Å². The number of benzene rings is 1. The van der Waals surface area contributed by atoms with Crippen LogP contribution in [0, 0.1) is 0 Å². The van der Waals surface area contributed by atoms with Gasteiger partial charge in [-0.05, 0) is 29.2 Å². The van der Waals surface area contributed by atoms with Gasteiger partial charge < -0.3 is 9.88 Å². The number of piperazine rings is 1. The number of pyridine rings is 1. The van der Waals surface area contributed by atoms with Crippen LogP contribution in [0.5, 0.6) is 0 Å². The molecule has 4 nitrogen and oxygen atoms in total. The van der Waals surface area contributed by atoms with Crippen molar-refractivity contribution in [1.82, 2.24) is 14.8 Å². The van der Waals surface area contributed by atoms with E-state index in [0.717, 1.165) is 24.2 Å². The number of aromatic nitrogens is 1. The van der Waals surface area contributed by atoms with E-state index in [-0.39, 0.29) is 5.56 Å². The average molecular weight is 325 g/mol. The van der Waals surface area contributed by atoms with Crippen LogP contribution in [0.25, 0.3) is 11.1 Å². The third kappa shape index (κ3) is 3.45. The fourth-order valence-corrected chi connectivity index (χ4v) is 3.64. The maximum Gasteiger partial charge on any atom is 0.250 e. The van der Waals surface area contributed by atoms with E-state index in [4.69, 9.17) is 0 Å². The van der Waals surface area contributed by atoms with E-state index in [9.17, 15) is 4.79 Å². The van der Waals surface area contributed by atoms with Gasteiger partial charge in [0.1, 0.15) is 0 Å². The predicted molar refractivity (Wildman–Crippen MR) is 99.1 cm³/mol. The Morgan fingerprint density at radius 3 is 2.38 bits per heavy atom. The van der Waals surface area contributed by atoms with Gasteiger partial charge in [0.15, 0.2) is 0 Å². The Morgan fingerprint density at radius 2 is 1.79 bits per heavy atom. The highest BCUT2D eigenvalue weighted by atomic mass is 16.1. The fourth-order valence-electron chi connectivity index (χ4n) is 3.64. The summed E-state index contributed by atoms with van der Waals surface area (Å²) in [5.74, 6) is 0. The lowest BCUT2D eigenvalue weighted by atomic mass is 10.1. The predicted octanol–water partition coefficient (Wildman–Crippen LogP) is 2.62. The summed E-state index contributed by atoms with van der Waals surface area (Å²) in [6, 6.07) is 13.7. The lowest BCUT2D eigenvalue weighted by Crippen LogP contribution is -2.42. The summed E-state index contributed by atoms with van der Waals surface area (Å²) in [6.45, 7) is 7.35. The first-order chi connectivity index (χ1) is 11.7. The Bertz CT molecular complexity index is 735. The van der Waals surface area contributed by atoms with Gasteiger partial charge in [-0.15, -0.1) is 0 Å². The molecule has 0 saturated carbocycles. The maximum atomic E-state index is 11.5. The van der Waals surface area contributed by atoms with Crippen molar-refractivity contribution in [3.63, 3.8) is 0 Å². The molecule has 1 N–H and O–H groups in total. The van der Waals surface area contributed by atoms with Gasteiger partial charge in [-0.25, -0.2) is 0 Å². The van der Waals surface area contributed by atoms with E-state index in [1.807, 2.05) is 26.1 Å². The second kappa shape index (κ2) is 7.32. The van der Waals surface area contributed by atoms with Gasteiger partial charge in [0.05, 0.1) is 0 Å². The van der Waals surface area contributed by atoms with Crippen LogP contribution in [-0.4, -0.2) is 34.6 Å². The minimum Gasteiger partial charge on any atom is -0.318 e. The van der Waals surface area contributed by atoms with Gasteiger partial charge in [0, 0.05) is 51.0 Å². The van der Waals surface area contributed by atoms with Crippen molar-refractivity contribution in [2.24, 2.45) is 7.05 Å². The Hall–Kier alpha value is -1.91. The van der Waals surface area contributed by atoms with Gasteiger partial charge in [0.2, 0.25) is 5.56 Å². The second-order valence-electron chi connectivity index (χ2n) is 6.49. The number of rotatable bonds is 3. The molecule has 0 radical (unpaired) electrons. The number of hydrogen-bond acceptors (Lipinski definition) is 3. The second-order valence-corrected chi connectivity index (χ2v) is 6.49. The molecule has 128 valence electrons. The number of hydrogen-bond donors (Lipinski definition) is 1. The van der Waals surface area contributed by atoms with E-state index >= 15 is 0 Å². The molecule has 4 rings (SSSR count). The molecule has 2 aliphatic rings. The molecule has 0 aliphatic carbocycles. The van der Waals surface area contributed by atoms with Gasteiger partial charge in [-0.2, -0.15) is 0 Å². The minimum atomic E-state index is 0.0260. The first-order valence-corrected chi connectivity index (χ1v) is 8.92. The zero-order chi connectivity index (χ0) is 17.1. The molecule has 1 aromatic heterocycles. The number of aryl methyl sites for hydroxylation is 1. The Morgan fingerprint density at radius 1 is 1.08 bits per heavy atom. The van der Waals surface area contributed by atoms with Crippen molar-refractivity contribution in [3.05, 3.63) is 58.5 Å².